The Morgan fingerprint density at radius 2 is 2.06 bits per heavy atom. The fourth-order valence-corrected chi connectivity index (χ4v) is 1.79. The van der Waals surface area contributed by atoms with Gasteiger partial charge < -0.3 is 10.2 Å². The highest BCUT2D eigenvalue weighted by Crippen LogP contribution is 2.15. The zero-order chi connectivity index (χ0) is 12.8. The van der Waals surface area contributed by atoms with E-state index in [2.05, 4.69) is 55.2 Å². The maximum absolute atomic E-state index is 4.59. The molecular formula is C14H25N3. The summed E-state index contributed by atoms with van der Waals surface area (Å²) in [6.07, 6.45) is 1.20. The van der Waals surface area contributed by atoms with E-state index in [-0.39, 0.29) is 0 Å². The number of rotatable bonds is 6. The number of hydrogen-bond donors (Lipinski definition) is 1. The summed E-state index contributed by atoms with van der Waals surface area (Å²) in [6.45, 7) is 8.52. The Balaban J connectivity index is 2.74. The molecule has 0 bridgehead atoms. The Morgan fingerprint density at radius 1 is 1.35 bits per heavy atom. The Hall–Kier alpha value is -1.09. The molecule has 1 rings (SSSR count). The SMILES string of the molecule is CNCc1cc(C)nc(N(C)CCC(C)C)c1. The lowest BCUT2D eigenvalue weighted by Crippen LogP contribution is -2.21. The Labute approximate surface area is 105 Å². The van der Waals surface area contributed by atoms with Gasteiger partial charge >= 0.3 is 0 Å². The zero-order valence-electron chi connectivity index (χ0n) is 11.7. The first kappa shape index (κ1) is 14.0. The minimum Gasteiger partial charge on any atom is -0.360 e. The van der Waals surface area contributed by atoms with Gasteiger partial charge in [0.05, 0.1) is 0 Å². The topological polar surface area (TPSA) is 28.2 Å². The van der Waals surface area contributed by atoms with Crippen molar-refractivity contribution in [3.63, 3.8) is 0 Å². The summed E-state index contributed by atoms with van der Waals surface area (Å²) in [5.41, 5.74) is 2.38. The molecule has 0 spiro atoms. The third-order valence-electron chi connectivity index (χ3n) is 2.81. The van der Waals surface area contributed by atoms with Crippen LogP contribution in [0.1, 0.15) is 31.5 Å². The standard InChI is InChI=1S/C14H25N3/c1-11(2)6-7-17(5)14-9-13(10-15-4)8-12(3)16-14/h8-9,11,15H,6-7,10H2,1-5H3. The fraction of sp³-hybridized carbons (Fsp3) is 0.643. The molecule has 0 aliphatic carbocycles. The van der Waals surface area contributed by atoms with Gasteiger partial charge in [0.15, 0.2) is 0 Å². The monoisotopic (exact) mass is 235 g/mol. The van der Waals surface area contributed by atoms with Crippen molar-refractivity contribution in [2.45, 2.75) is 33.7 Å². The first-order valence-electron chi connectivity index (χ1n) is 6.36. The van der Waals surface area contributed by atoms with Crippen LogP contribution in [-0.4, -0.2) is 25.6 Å². The zero-order valence-corrected chi connectivity index (χ0v) is 11.7. The van der Waals surface area contributed by atoms with Crippen molar-refractivity contribution in [2.75, 3.05) is 25.5 Å². The summed E-state index contributed by atoms with van der Waals surface area (Å²) in [7, 11) is 4.09. The van der Waals surface area contributed by atoms with Crippen LogP contribution in [0.2, 0.25) is 0 Å². The van der Waals surface area contributed by atoms with E-state index in [1.807, 2.05) is 7.05 Å². The summed E-state index contributed by atoms with van der Waals surface area (Å²) in [5, 5.41) is 3.18. The Morgan fingerprint density at radius 3 is 2.65 bits per heavy atom. The van der Waals surface area contributed by atoms with Gasteiger partial charge in [-0.3, -0.25) is 0 Å². The highest BCUT2D eigenvalue weighted by atomic mass is 15.2. The van der Waals surface area contributed by atoms with E-state index in [0.29, 0.717) is 0 Å². The van der Waals surface area contributed by atoms with Crippen LogP contribution in [-0.2, 0) is 6.54 Å². The predicted octanol–water partition coefficient (Wildman–Crippen LogP) is 2.59. The summed E-state index contributed by atoms with van der Waals surface area (Å²) in [4.78, 5) is 6.83. The third-order valence-corrected chi connectivity index (χ3v) is 2.81. The quantitative estimate of drug-likeness (QED) is 0.821. The van der Waals surface area contributed by atoms with Crippen LogP contribution < -0.4 is 10.2 Å². The smallest absolute Gasteiger partial charge is 0.128 e. The molecule has 0 aliphatic rings. The molecule has 3 nitrogen and oxygen atoms in total. The van der Waals surface area contributed by atoms with Crippen LogP contribution in [0.25, 0.3) is 0 Å². The van der Waals surface area contributed by atoms with Gasteiger partial charge in [0.2, 0.25) is 0 Å². The molecule has 0 amide bonds. The molecule has 1 N–H and O–H groups in total. The molecule has 0 saturated heterocycles. The molecule has 0 aliphatic heterocycles. The molecule has 0 saturated carbocycles. The van der Waals surface area contributed by atoms with E-state index in [4.69, 9.17) is 0 Å². The average Bonchev–Trinajstić information content (AvgIpc) is 2.25. The first-order valence-corrected chi connectivity index (χ1v) is 6.36. The second-order valence-corrected chi connectivity index (χ2v) is 5.11. The molecule has 0 aromatic carbocycles. The molecule has 1 aromatic heterocycles. The highest BCUT2D eigenvalue weighted by Gasteiger charge is 2.06. The van der Waals surface area contributed by atoms with Gasteiger partial charge in [0.1, 0.15) is 5.82 Å². The Bertz CT molecular complexity index is 347. The van der Waals surface area contributed by atoms with Crippen LogP contribution in [0.15, 0.2) is 12.1 Å². The summed E-state index contributed by atoms with van der Waals surface area (Å²) >= 11 is 0. The lowest BCUT2D eigenvalue weighted by atomic mass is 10.1. The number of anilines is 1. The van der Waals surface area contributed by atoms with Crippen molar-refractivity contribution >= 4 is 5.82 Å². The lowest BCUT2D eigenvalue weighted by Gasteiger charge is -2.20. The van der Waals surface area contributed by atoms with E-state index in [9.17, 15) is 0 Å². The fourth-order valence-electron chi connectivity index (χ4n) is 1.79. The summed E-state index contributed by atoms with van der Waals surface area (Å²) < 4.78 is 0. The van der Waals surface area contributed by atoms with Crippen molar-refractivity contribution in [3.8, 4) is 0 Å². The van der Waals surface area contributed by atoms with Crippen LogP contribution in [0.4, 0.5) is 5.82 Å². The van der Waals surface area contributed by atoms with E-state index in [1.54, 1.807) is 0 Å². The van der Waals surface area contributed by atoms with Gasteiger partial charge in [0.25, 0.3) is 0 Å². The van der Waals surface area contributed by atoms with E-state index in [1.165, 1.54) is 12.0 Å². The molecule has 0 radical (unpaired) electrons. The highest BCUT2D eigenvalue weighted by molar-refractivity contribution is 5.41. The number of nitrogens with one attached hydrogen (secondary N) is 1. The lowest BCUT2D eigenvalue weighted by molar-refractivity contribution is 0.583. The van der Waals surface area contributed by atoms with Gasteiger partial charge in [-0.05, 0) is 44.0 Å². The van der Waals surface area contributed by atoms with Gasteiger partial charge in [-0.2, -0.15) is 0 Å². The van der Waals surface area contributed by atoms with Gasteiger partial charge in [0, 0.05) is 25.8 Å². The van der Waals surface area contributed by atoms with Crippen molar-refractivity contribution in [1.82, 2.24) is 10.3 Å². The summed E-state index contributed by atoms with van der Waals surface area (Å²) in [6, 6.07) is 4.31. The number of aryl methyl sites for hydroxylation is 1. The normalized spacial score (nSPS) is 10.9. The average molecular weight is 235 g/mol. The first-order chi connectivity index (χ1) is 8.02. The second kappa shape index (κ2) is 6.60. The number of nitrogens with zero attached hydrogens (tertiary/aromatic N) is 2. The molecule has 1 heterocycles. The minimum absolute atomic E-state index is 0.735. The molecule has 0 fully saturated rings. The molecular weight excluding hydrogens is 210 g/mol. The van der Waals surface area contributed by atoms with Crippen molar-refractivity contribution < 1.29 is 0 Å². The van der Waals surface area contributed by atoms with Crippen molar-refractivity contribution in [3.05, 3.63) is 23.4 Å². The molecule has 1 aromatic rings. The largest absolute Gasteiger partial charge is 0.360 e. The molecule has 0 atom stereocenters. The van der Waals surface area contributed by atoms with Crippen molar-refractivity contribution in [1.29, 1.82) is 0 Å². The number of hydrogen-bond acceptors (Lipinski definition) is 3. The van der Waals surface area contributed by atoms with Crippen LogP contribution in [0.3, 0.4) is 0 Å². The van der Waals surface area contributed by atoms with Crippen LogP contribution in [0, 0.1) is 12.8 Å². The Kier molecular flexibility index (Phi) is 5.42. The predicted molar refractivity (Wildman–Crippen MR) is 74.5 cm³/mol. The molecule has 0 unspecified atom stereocenters. The second-order valence-electron chi connectivity index (χ2n) is 5.11. The van der Waals surface area contributed by atoms with E-state index < -0.39 is 0 Å². The van der Waals surface area contributed by atoms with E-state index in [0.717, 1.165) is 30.5 Å². The molecule has 96 valence electrons. The maximum Gasteiger partial charge on any atom is 0.128 e. The van der Waals surface area contributed by atoms with Crippen LogP contribution >= 0.6 is 0 Å². The molecule has 17 heavy (non-hydrogen) atoms. The van der Waals surface area contributed by atoms with Gasteiger partial charge in [-0.25, -0.2) is 4.98 Å². The summed E-state index contributed by atoms with van der Waals surface area (Å²) in [5.74, 6) is 1.81. The van der Waals surface area contributed by atoms with Crippen LogP contribution in [0.5, 0.6) is 0 Å². The number of pyridine rings is 1. The van der Waals surface area contributed by atoms with Gasteiger partial charge in [-0.15, -0.1) is 0 Å². The number of aromatic nitrogens is 1. The van der Waals surface area contributed by atoms with E-state index >= 15 is 0 Å². The minimum atomic E-state index is 0.735. The molecule has 3 heteroatoms. The van der Waals surface area contributed by atoms with Gasteiger partial charge in [-0.1, -0.05) is 13.8 Å². The van der Waals surface area contributed by atoms with Crippen molar-refractivity contribution in [2.24, 2.45) is 5.92 Å². The third kappa shape index (κ3) is 4.73. The maximum atomic E-state index is 4.59.